The summed E-state index contributed by atoms with van der Waals surface area (Å²) < 4.78 is 1.07. The van der Waals surface area contributed by atoms with E-state index in [0.29, 0.717) is 13.0 Å². The monoisotopic (exact) mass is 330 g/mol. The van der Waals surface area contributed by atoms with Gasteiger partial charge in [0.05, 0.1) is 0 Å². The Labute approximate surface area is 121 Å². The molecule has 0 atom stereocenters. The van der Waals surface area contributed by atoms with Crippen molar-refractivity contribution >= 4 is 33.6 Å². The molecule has 0 aromatic heterocycles. The normalized spacial score (nSPS) is 11.3. The van der Waals surface area contributed by atoms with Gasteiger partial charge in [-0.25, -0.2) is 0 Å². The lowest BCUT2D eigenvalue weighted by atomic mass is 10.1. The fraction of sp³-hybridized carbons (Fsp3) is 0.462. The highest BCUT2D eigenvalue weighted by atomic mass is 79.9. The first-order valence-electron chi connectivity index (χ1n) is 5.83. The lowest BCUT2D eigenvalue weighted by Crippen LogP contribution is -2.48. The van der Waals surface area contributed by atoms with Gasteiger partial charge in [-0.1, -0.05) is 12.1 Å². The van der Waals surface area contributed by atoms with Crippen LogP contribution >= 0.6 is 27.7 Å². The summed E-state index contributed by atoms with van der Waals surface area (Å²) in [5.41, 5.74) is 5.24. The number of amides is 1. The average Bonchev–Trinajstić information content (AvgIpc) is 2.31. The molecule has 0 aliphatic rings. The third-order valence-electron chi connectivity index (χ3n) is 2.41. The summed E-state index contributed by atoms with van der Waals surface area (Å²) in [5.74, 6) is 0.805. The molecule has 0 bridgehead atoms. The highest BCUT2D eigenvalue weighted by molar-refractivity contribution is 9.10. The van der Waals surface area contributed by atoms with Crippen LogP contribution in [0.3, 0.4) is 0 Å². The van der Waals surface area contributed by atoms with Gasteiger partial charge in [-0.15, -0.1) is 11.8 Å². The van der Waals surface area contributed by atoms with Crippen molar-refractivity contribution in [2.75, 3.05) is 12.3 Å². The van der Waals surface area contributed by atoms with E-state index in [0.717, 1.165) is 15.1 Å². The number of nitrogens with one attached hydrogen (secondary N) is 1. The molecule has 0 saturated carbocycles. The molecule has 0 saturated heterocycles. The Kier molecular flexibility index (Phi) is 6.18. The zero-order valence-corrected chi connectivity index (χ0v) is 13.1. The first kappa shape index (κ1) is 15.5. The van der Waals surface area contributed by atoms with Crippen molar-refractivity contribution in [1.29, 1.82) is 0 Å². The van der Waals surface area contributed by atoms with E-state index in [-0.39, 0.29) is 11.4 Å². The molecule has 1 amide bonds. The fourth-order valence-electron chi connectivity index (χ4n) is 1.31. The van der Waals surface area contributed by atoms with Gasteiger partial charge in [0.25, 0.3) is 0 Å². The second-order valence-electron chi connectivity index (χ2n) is 4.67. The fourth-order valence-corrected chi connectivity index (χ4v) is 2.82. The summed E-state index contributed by atoms with van der Waals surface area (Å²) in [7, 11) is 0. The molecule has 0 spiro atoms. The van der Waals surface area contributed by atoms with Gasteiger partial charge in [-0.2, -0.15) is 0 Å². The van der Waals surface area contributed by atoms with Crippen LogP contribution in [0, 0.1) is 0 Å². The topological polar surface area (TPSA) is 55.1 Å². The molecule has 3 N–H and O–H groups in total. The highest BCUT2D eigenvalue weighted by Gasteiger charge is 2.17. The molecule has 0 heterocycles. The van der Waals surface area contributed by atoms with E-state index in [1.54, 1.807) is 11.8 Å². The maximum Gasteiger partial charge on any atom is 0.221 e. The predicted octanol–water partition coefficient (Wildman–Crippen LogP) is 2.78. The summed E-state index contributed by atoms with van der Waals surface area (Å²) in [6, 6.07) is 8.01. The summed E-state index contributed by atoms with van der Waals surface area (Å²) in [6.07, 6.45) is 0.495. The molecule has 3 nitrogen and oxygen atoms in total. The van der Waals surface area contributed by atoms with Crippen LogP contribution in [-0.4, -0.2) is 23.7 Å². The molecular formula is C13H19BrN2OS. The van der Waals surface area contributed by atoms with E-state index in [1.807, 2.05) is 38.1 Å². The standard InChI is InChI=1S/C13H19BrN2OS/c1-13(2,9-15)16-12(17)7-8-18-11-6-4-3-5-10(11)14/h3-6H,7-9,15H2,1-2H3,(H,16,17). The van der Waals surface area contributed by atoms with Crippen LogP contribution in [0.15, 0.2) is 33.6 Å². The van der Waals surface area contributed by atoms with Crippen LogP contribution in [-0.2, 0) is 4.79 Å². The summed E-state index contributed by atoms with van der Waals surface area (Å²) in [5, 5.41) is 2.92. The second-order valence-corrected chi connectivity index (χ2v) is 6.66. The minimum atomic E-state index is -0.324. The Morgan fingerprint density at radius 3 is 2.72 bits per heavy atom. The molecule has 1 aromatic rings. The highest BCUT2D eigenvalue weighted by Crippen LogP contribution is 2.27. The van der Waals surface area contributed by atoms with Crippen LogP contribution in [0.4, 0.5) is 0 Å². The lowest BCUT2D eigenvalue weighted by Gasteiger charge is -2.24. The van der Waals surface area contributed by atoms with E-state index >= 15 is 0 Å². The third-order valence-corrected chi connectivity index (χ3v) is 4.44. The van der Waals surface area contributed by atoms with E-state index in [4.69, 9.17) is 5.73 Å². The van der Waals surface area contributed by atoms with Gasteiger partial charge < -0.3 is 11.1 Å². The second kappa shape index (κ2) is 7.16. The van der Waals surface area contributed by atoms with Crippen LogP contribution in [0.5, 0.6) is 0 Å². The maximum absolute atomic E-state index is 11.7. The van der Waals surface area contributed by atoms with E-state index in [9.17, 15) is 4.79 Å². The molecule has 0 unspecified atom stereocenters. The number of carbonyl (C=O) groups is 1. The summed E-state index contributed by atoms with van der Waals surface area (Å²) in [6.45, 7) is 4.29. The van der Waals surface area contributed by atoms with Crippen molar-refractivity contribution in [3.05, 3.63) is 28.7 Å². The number of rotatable bonds is 6. The van der Waals surface area contributed by atoms with Crippen LogP contribution in [0.2, 0.25) is 0 Å². The largest absolute Gasteiger partial charge is 0.350 e. The SMILES string of the molecule is CC(C)(CN)NC(=O)CCSc1ccccc1Br. The van der Waals surface area contributed by atoms with Gasteiger partial charge >= 0.3 is 0 Å². The van der Waals surface area contributed by atoms with Crippen molar-refractivity contribution < 1.29 is 4.79 Å². The van der Waals surface area contributed by atoms with Crippen LogP contribution < -0.4 is 11.1 Å². The Bertz CT molecular complexity index is 410. The number of hydrogen-bond acceptors (Lipinski definition) is 3. The summed E-state index contributed by atoms with van der Waals surface area (Å²) in [4.78, 5) is 12.9. The molecule has 1 rings (SSSR count). The zero-order valence-electron chi connectivity index (χ0n) is 10.7. The molecule has 5 heteroatoms. The third kappa shape index (κ3) is 5.42. The predicted molar refractivity (Wildman–Crippen MR) is 80.8 cm³/mol. The van der Waals surface area contributed by atoms with Crippen molar-refractivity contribution in [2.24, 2.45) is 5.73 Å². The van der Waals surface area contributed by atoms with Crippen molar-refractivity contribution in [3.63, 3.8) is 0 Å². The minimum Gasteiger partial charge on any atom is -0.350 e. The van der Waals surface area contributed by atoms with Crippen molar-refractivity contribution in [2.45, 2.75) is 30.7 Å². The van der Waals surface area contributed by atoms with Gasteiger partial charge in [0.15, 0.2) is 0 Å². The van der Waals surface area contributed by atoms with Crippen LogP contribution in [0.25, 0.3) is 0 Å². The molecule has 1 aromatic carbocycles. The van der Waals surface area contributed by atoms with E-state index in [1.165, 1.54) is 0 Å². The number of hydrogen-bond donors (Lipinski definition) is 2. The number of thioether (sulfide) groups is 1. The van der Waals surface area contributed by atoms with Crippen molar-refractivity contribution in [3.8, 4) is 0 Å². The van der Waals surface area contributed by atoms with Gasteiger partial charge in [0.2, 0.25) is 5.91 Å². The van der Waals surface area contributed by atoms with E-state index in [2.05, 4.69) is 21.2 Å². The summed E-state index contributed by atoms with van der Waals surface area (Å²) >= 11 is 5.16. The first-order chi connectivity index (χ1) is 8.44. The average molecular weight is 331 g/mol. The zero-order chi connectivity index (χ0) is 13.6. The van der Waals surface area contributed by atoms with Crippen molar-refractivity contribution in [1.82, 2.24) is 5.32 Å². The van der Waals surface area contributed by atoms with Gasteiger partial charge in [0.1, 0.15) is 0 Å². The molecule has 0 aliphatic heterocycles. The molecule has 0 fully saturated rings. The quantitative estimate of drug-likeness (QED) is 0.788. The molecule has 0 aliphatic carbocycles. The lowest BCUT2D eigenvalue weighted by molar-refractivity contribution is -0.122. The number of halogens is 1. The van der Waals surface area contributed by atoms with Gasteiger partial charge in [0, 0.05) is 33.6 Å². The number of carbonyl (C=O) groups excluding carboxylic acids is 1. The Balaban J connectivity index is 2.34. The molecule has 100 valence electrons. The van der Waals surface area contributed by atoms with Gasteiger partial charge in [-0.05, 0) is 41.9 Å². The number of benzene rings is 1. The van der Waals surface area contributed by atoms with Gasteiger partial charge in [-0.3, -0.25) is 4.79 Å². The minimum absolute atomic E-state index is 0.0463. The van der Waals surface area contributed by atoms with Crippen LogP contribution in [0.1, 0.15) is 20.3 Å². The molecule has 0 radical (unpaired) electrons. The Hall–Kier alpha value is -0.520. The Morgan fingerprint density at radius 2 is 2.11 bits per heavy atom. The molecular weight excluding hydrogens is 312 g/mol. The van der Waals surface area contributed by atoms with E-state index < -0.39 is 0 Å². The Morgan fingerprint density at radius 1 is 1.44 bits per heavy atom. The smallest absolute Gasteiger partial charge is 0.221 e. The maximum atomic E-state index is 11.7. The first-order valence-corrected chi connectivity index (χ1v) is 7.61. The molecule has 18 heavy (non-hydrogen) atoms. The number of nitrogens with two attached hydrogens (primary N) is 1.